The monoisotopic (exact) mass is 198 g/mol. The van der Waals surface area contributed by atoms with Crippen LogP contribution in [0.1, 0.15) is 17.3 Å². The van der Waals surface area contributed by atoms with Gasteiger partial charge >= 0.3 is 0 Å². The summed E-state index contributed by atoms with van der Waals surface area (Å²) in [6.07, 6.45) is 7.05. The highest BCUT2D eigenvalue weighted by molar-refractivity contribution is 6.10. The Balaban J connectivity index is 2.97. The van der Waals surface area contributed by atoms with E-state index >= 15 is 0 Å². The number of ketones is 1. The van der Waals surface area contributed by atoms with E-state index in [-0.39, 0.29) is 5.78 Å². The highest BCUT2D eigenvalue weighted by atomic mass is 16.1. The van der Waals surface area contributed by atoms with Crippen LogP contribution in [0.5, 0.6) is 0 Å². The van der Waals surface area contributed by atoms with Gasteiger partial charge in [0.05, 0.1) is 0 Å². The summed E-state index contributed by atoms with van der Waals surface area (Å²) in [6.45, 7) is 5.54. The molecule has 0 heterocycles. The third kappa shape index (κ3) is 3.06. The molecule has 0 aliphatic rings. The first kappa shape index (κ1) is 11.2. The van der Waals surface area contributed by atoms with Crippen LogP contribution in [0.3, 0.4) is 0 Å². The molecule has 0 N–H and O–H groups in total. The predicted molar refractivity (Wildman–Crippen MR) is 63.9 cm³/mol. The molecule has 0 atom stereocenters. The van der Waals surface area contributed by atoms with Gasteiger partial charge in [0.1, 0.15) is 0 Å². The van der Waals surface area contributed by atoms with Crippen molar-refractivity contribution >= 4 is 5.78 Å². The van der Waals surface area contributed by atoms with Gasteiger partial charge in [-0.25, -0.2) is 0 Å². The van der Waals surface area contributed by atoms with Crippen LogP contribution in [0.15, 0.2) is 66.8 Å². The summed E-state index contributed by atoms with van der Waals surface area (Å²) in [5.74, 6) is 0.00343. The maximum absolute atomic E-state index is 11.9. The third-order valence-electron chi connectivity index (χ3n) is 1.99. The van der Waals surface area contributed by atoms with Crippen LogP contribution >= 0.6 is 0 Å². The second-order valence-electron chi connectivity index (χ2n) is 3.05. The molecule has 0 saturated heterocycles. The average molecular weight is 198 g/mol. The summed E-state index contributed by atoms with van der Waals surface area (Å²) in [5.41, 5.74) is 1.30. The smallest absolute Gasteiger partial charge is 0.192 e. The topological polar surface area (TPSA) is 17.1 Å². The van der Waals surface area contributed by atoms with E-state index in [0.29, 0.717) is 11.1 Å². The van der Waals surface area contributed by atoms with Gasteiger partial charge in [0, 0.05) is 11.1 Å². The highest BCUT2D eigenvalue weighted by Gasteiger charge is 2.07. The summed E-state index contributed by atoms with van der Waals surface area (Å²) >= 11 is 0. The van der Waals surface area contributed by atoms with Gasteiger partial charge in [-0.15, -0.1) is 0 Å². The Labute approximate surface area is 90.4 Å². The Kier molecular flexibility index (Phi) is 4.30. The van der Waals surface area contributed by atoms with E-state index in [4.69, 9.17) is 0 Å². The van der Waals surface area contributed by atoms with Crippen molar-refractivity contribution in [2.45, 2.75) is 6.92 Å². The van der Waals surface area contributed by atoms with Gasteiger partial charge in [-0.3, -0.25) is 4.79 Å². The largest absolute Gasteiger partial charge is 0.289 e. The van der Waals surface area contributed by atoms with Crippen molar-refractivity contribution in [3.05, 3.63) is 72.4 Å². The number of carbonyl (C=O) groups excluding carboxylic acids is 1. The molecule has 0 radical (unpaired) electrons. The molecular weight excluding hydrogens is 184 g/mol. The van der Waals surface area contributed by atoms with Gasteiger partial charge in [-0.2, -0.15) is 0 Å². The minimum atomic E-state index is 0.00343. The highest BCUT2D eigenvalue weighted by Crippen LogP contribution is 2.09. The first-order valence-electron chi connectivity index (χ1n) is 4.84. The van der Waals surface area contributed by atoms with Crippen LogP contribution < -0.4 is 0 Å². The molecule has 1 rings (SSSR count). The summed E-state index contributed by atoms with van der Waals surface area (Å²) in [6, 6.07) is 9.19. The van der Waals surface area contributed by atoms with Gasteiger partial charge in [0.15, 0.2) is 5.78 Å². The summed E-state index contributed by atoms with van der Waals surface area (Å²) in [7, 11) is 0. The summed E-state index contributed by atoms with van der Waals surface area (Å²) < 4.78 is 0. The van der Waals surface area contributed by atoms with E-state index in [1.54, 1.807) is 24.3 Å². The van der Waals surface area contributed by atoms with E-state index in [1.807, 2.05) is 37.3 Å². The van der Waals surface area contributed by atoms with Crippen molar-refractivity contribution < 1.29 is 4.79 Å². The van der Waals surface area contributed by atoms with Crippen molar-refractivity contribution in [1.29, 1.82) is 0 Å². The zero-order valence-electron chi connectivity index (χ0n) is 8.81. The minimum Gasteiger partial charge on any atom is -0.289 e. The number of hydrogen-bond donors (Lipinski definition) is 0. The Hall–Kier alpha value is -1.89. The molecule has 0 spiro atoms. The molecule has 76 valence electrons. The lowest BCUT2D eigenvalue weighted by Crippen LogP contribution is -2.00. The van der Waals surface area contributed by atoms with Crippen molar-refractivity contribution in [3.8, 4) is 0 Å². The Morgan fingerprint density at radius 3 is 2.47 bits per heavy atom. The molecule has 1 aromatic carbocycles. The number of Topliss-reactive ketones (excluding diaryl/α,β-unsaturated/α-hetero) is 1. The number of benzene rings is 1. The molecule has 15 heavy (non-hydrogen) atoms. The maximum Gasteiger partial charge on any atom is 0.192 e. The second kappa shape index (κ2) is 5.76. The lowest BCUT2D eigenvalue weighted by atomic mass is 10.0. The number of rotatable bonds is 4. The van der Waals surface area contributed by atoms with Crippen molar-refractivity contribution in [2.75, 3.05) is 0 Å². The van der Waals surface area contributed by atoms with Gasteiger partial charge in [0.2, 0.25) is 0 Å². The second-order valence-corrected chi connectivity index (χ2v) is 3.05. The Bertz CT molecular complexity index is 397. The normalized spacial score (nSPS) is 11.7. The van der Waals surface area contributed by atoms with Crippen LogP contribution in [-0.2, 0) is 0 Å². The van der Waals surface area contributed by atoms with Crippen LogP contribution in [-0.4, -0.2) is 5.78 Å². The molecule has 0 aromatic heterocycles. The molecule has 0 aliphatic heterocycles. The van der Waals surface area contributed by atoms with Gasteiger partial charge in [-0.05, 0) is 6.92 Å². The van der Waals surface area contributed by atoms with E-state index in [2.05, 4.69) is 6.58 Å². The molecule has 1 nitrogen and oxygen atoms in total. The van der Waals surface area contributed by atoms with E-state index in [1.165, 1.54) is 0 Å². The molecule has 0 saturated carbocycles. The quantitative estimate of drug-likeness (QED) is 0.410. The molecule has 0 unspecified atom stereocenters. The number of hydrogen-bond acceptors (Lipinski definition) is 1. The van der Waals surface area contributed by atoms with E-state index in [0.717, 1.165) is 0 Å². The summed E-state index contributed by atoms with van der Waals surface area (Å²) in [4.78, 5) is 11.9. The van der Waals surface area contributed by atoms with Gasteiger partial charge < -0.3 is 0 Å². The molecule has 0 bridgehead atoms. The molecule has 0 amide bonds. The van der Waals surface area contributed by atoms with Crippen LogP contribution in [0.25, 0.3) is 0 Å². The molecule has 1 heteroatoms. The SMILES string of the molecule is C=CC(=CC=CC)C(=O)c1ccccc1. The fourth-order valence-electron chi connectivity index (χ4n) is 1.19. The molecule has 0 aliphatic carbocycles. The molecular formula is C14H14O. The molecule has 1 aromatic rings. The first-order chi connectivity index (χ1) is 7.29. The van der Waals surface area contributed by atoms with Crippen molar-refractivity contribution in [2.24, 2.45) is 0 Å². The minimum absolute atomic E-state index is 0.00343. The van der Waals surface area contributed by atoms with Crippen LogP contribution in [0.2, 0.25) is 0 Å². The zero-order chi connectivity index (χ0) is 11.1. The Morgan fingerprint density at radius 1 is 1.27 bits per heavy atom. The van der Waals surface area contributed by atoms with Crippen molar-refractivity contribution in [3.63, 3.8) is 0 Å². The molecule has 0 fully saturated rings. The van der Waals surface area contributed by atoms with Crippen molar-refractivity contribution in [1.82, 2.24) is 0 Å². The van der Waals surface area contributed by atoms with E-state index < -0.39 is 0 Å². The third-order valence-corrected chi connectivity index (χ3v) is 1.99. The van der Waals surface area contributed by atoms with Crippen LogP contribution in [0, 0.1) is 0 Å². The number of allylic oxidation sites excluding steroid dienone is 5. The lowest BCUT2D eigenvalue weighted by Gasteiger charge is -1.99. The van der Waals surface area contributed by atoms with E-state index in [9.17, 15) is 4.79 Å². The maximum atomic E-state index is 11.9. The lowest BCUT2D eigenvalue weighted by molar-refractivity contribution is 0.103. The van der Waals surface area contributed by atoms with Crippen LogP contribution in [0.4, 0.5) is 0 Å². The fraction of sp³-hybridized carbons (Fsp3) is 0.0714. The predicted octanol–water partition coefficient (Wildman–Crippen LogP) is 3.56. The average Bonchev–Trinajstić information content (AvgIpc) is 2.31. The summed E-state index contributed by atoms with van der Waals surface area (Å²) in [5, 5.41) is 0. The number of carbonyl (C=O) groups is 1. The van der Waals surface area contributed by atoms with Gasteiger partial charge in [0.25, 0.3) is 0 Å². The fourth-order valence-corrected chi connectivity index (χ4v) is 1.19. The first-order valence-corrected chi connectivity index (χ1v) is 4.84. The Morgan fingerprint density at radius 2 is 1.93 bits per heavy atom. The zero-order valence-corrected chi connectivity index (χ0v) is 8.81. The van der Waals surface area contributed by atoms with Gasteiger partial charge in [-0.1, -0.05) is 61.2 Å². The standard InChI is InChI=1S/C14H14O/c1-3-5-9-12(4-2)14(15)13-10-7-6-8-11-13/h3-11H,2H2,1H3.